The fraction of sp³-hybridized carbons (Fsp3) is 0.500. The highest BCUT2D eigenvalue weighted by Crippen LogP contribution is 2.40. The quantitative estimate of drug-likeness (QED) is 0.850. The van der Waals surface area contributed by atoms with Crippen LogP contribution in [0.3, 0.4) is 0 Å². The molecule has 0 radical (unpaired) electrons. The Balaban J connectivity index is 1.26. The first-order valence-corrected chi connectivity index (χ1v) is 10.5. The maximum atomic E-state index is 13.1. The molecule has 148 valence electrons. The van der Waals surface area contributed by atoms with Crippen molar-refractivity contribution in [2.24, 2.45) is 11.8 Å². The molecule has 3 aliphatic rings. The van der Waals surface area contributed by atoms with Gasteiger partial charge in [-0.05, 0) is 67.9 Å². The third kappa shape index (κ3) is 3.42. The summed E-state index contributed by atoms with van der Waals surface area (Å²) in [7, 11) is 0. The zero-order valence-corrected chi connectivity index (χ0v) is 16.5. The molecular weight excluding hydrogens is 376 g/mol. The lowest BCUT2D eigenvalue weighted by molar-refractivity contribution is -0.0231. The third-order valence-electron chi connectivity index (χ3n) is 6.39. The molecule has 1 aromatic carbocycles. The average molecular weight is 401 g/mol. The number of amides is 1. The van der Waals surface area contributed by atoms with Crippen molar-refractivity contribution in [3.05, 3.63) is 53.3 Å². The summed E-state index contributed by atoms with van der Waals surface area (Å²) >= 11 is 6.04. The van der Waals surface area contributed by atoms with Crippen molar-refractivity contribution in [2.75, 3.05) is 13.1 Å². The van der Waals surface area contributed by atoms with Gasteiger partial charge in [-0.3, -0.25) is 4.79 Å². The number of carbonyl (C=O) groups excluding carboxylic acids is 1. The van der Waals surface area contributed by atoms with Crippen LogP contribution in [0.5, 0.6) is 5.75 Å². The summed E-state index contributed by atoms with van der Waals surface area (Å²) in [6.45, 7) is 1.46. The molecule has 2 heterocycles. The first-order chi connectivity index (χ1) is 13.6. The number of benzene rings is 1. The van der Waals surface area contributed by atoms with Gasteiger partial charge in [-0.15, -0.1) is 0 Å². The molecule has 1 saturated heterocycles. The van der Waals surface area contributed by atoms with E-state index in [4.69, 9.17) is 16.3 Å². The molecule has 0 unspecified atom stereocenters. The Morgan fingerprint density at radius 3 is 2.64 bits per heavy atom. The standard InChI is InChI=1S/C22H25ClN2O3/c23-16-3-1-4-18(11-16)28-21-10-15-13-24(12-14(15)9-20(21)26)22(27)19-5-2-8-25(19)17-6-7-17/h1-5,8,11,14-15,17,20-21,26H,6-7,9-10,12-13H2/t14-,15+,20+,21+/m0/s1. The van der Waals surface area contributed by atoms with Crippen molar-refractivity contribution in [3.63, 3.8) is 0 Å². The van der Waals surface area contributed by atoms with Gasteiger partial charge < -0.3 is 19.3 Å². The molecule has 5 nitrogen and oxygen atoms in total. The Hall–Kier alpha value is -1.98. The molecular formula is C22H25ClN2O3. The molecule has 1 aromatic heterocycles. The zero-order valence-electron chi connectivity index (χ0n) is 15.7. The summed E-state index contributed by atoms with van der Waals surface area (Å²) in [6, 6.07) is 11.7. The molecule has 3 fully saturated rings. The van der Waals surface area contributed by atoms with Crippen molar-refractivity contribution in [2.45, 2.75) is 43.9 Å². The van der Waals surface area contributed by atoms with Crippen LogP contribution in [0.1, 0.15) is 42.2 Å². The lowest BCUT2D eigenvalue weighted by atomic mass is 9.78. The maximum absolute atomic E-state index is 13.1. The number of rotatable bonds is 4. The van der Waals surface area contributed by atoms with E-state index >= 15 is 0 Å². The topological polar surface area (TPSA) is 54.7 Å². The van der Waals surface area contributed by atoms with Gasteiger partial charge >= 0.3 is 0 Å². The lowest BCUT2D eigenvalue weighted by Crippen LogP contribution is -2.42. The number of carbonyl (C=O) groups is 1. The number of aliphatic hydroxyl groups is 1. The van der Waals surface area contributed by atoms with Crippen LogP contribution in [0.25, 0.3) is 0 Å². The highest BCUT2D eigenvalue weighted by atomic mass is 35.5. The Morgan fingerprint density at radius 1 is 1.11 bits per heavy atom. The monoisotopic (exact) mass is 400 g/mol. The van der Waals surface area contributed by atoms with Crippen LogP contribution in [0.2, 0.25) is 5.02 Å². The van der Waals surface area contributed by atoms with Crippen LogP contribution in [0.4, 0.5) is 0 Å². The van der Waals surface area contributed by atoms with Gasteiger partial charge in [-0.2, -0.15) is 0 Å². The second-order valence-corrected chi connectivity index (χ2v) is 8.85. The van der Waals surface area contributed by atoms with Gasteiger partial charge in [-0.25, -0.2) is 0 Å². The van der Waals surface area contributed by atoms with Crippen molar-refractivity contribution < 1.29 is 14.6 Å². The predicted octanol–water partition coefficient (Wildman–Crippen LogP) is 3.77. The zero-order chi connectivity index (χ0) is 19.3. The predicted molar refractivity (Wildman–Crippen MR) is 107 cm³/mol. The van der Waals surface area contributed by atoms with Crippen molar-refractivity contribution in [1.29, 1.82) is 0 Å². The van der Waals surface area contributed by atoms with Crippen LogP contribution in [-0.2, 0) is 0 Å². The Kier molecular flexibility index (Phi) is 4.60. The second kappa shape index (κ2) is 7.12. The molecule has 1 aliphatic heterocycles. The van der Waals surface area contributed by atoms with Crippen molar-refractivity contribution in [3.8, 4) is 5.75 Å². The number of aliphatic hydroxyl groups excluding tert-OH is 1. The van der Waals surface area contributed by atoms with Gasteiger partial charge in [-0.1, -0.05) is 17.7 Å². The van der Waals surface area contributed by atoms with Crippen molar-refractivity contribution >= 4 is 17.5 Å². The van der Waals surface area contributed by atoms with Gasteiger partial charge in [0, 0.05) is 30.4 Å². The Morgan fingerprint density at radius 2 is 1.89 bits per heavy atom. The first kappa shape index (κ1) is 18.1. The fourth-order valence-corrected chi connectivity index (χ4v) is 4.99. The number of nitrogens with zero attached hydrogens (tertiary/aromatic N) is 2. The number of ether oxygens (including phenoxy) is 1. The van der Waals surface area contributed by atoms with Gasteiger partial charge in [0.1, 0.15) is 17.5 Å². The van der Waals surface area contributed by atoms with E-state index in [1.807, 2.05) is 35.4 Å². The summed E-state index contributed by atoms with van der Waals surface area (Å²) in [6.07, 6.45) is 4.99. The summed E-state index contributed by atoms with van der Waals surface area (Å²) in [5.74, 6) is 1.50. The minimum Gasteiger partial charge on any atom is -0.488 e. The molecule has 2 aliphatic carbocycles. The number of aromatic nitrogens is 1. The van der Waals surface area contributed by atoms with E-state index in [9.17, 15) is 9.90 Å². The molecule has 2 saturated carbocycles. The summed E-state index contributed by atoms with van der Waals surface area (Å²) < 4.78 is 8.17. The maximum Gasteiger partial charge on any atom is 0.270 e. The number of fused-ring (bicyclic) bond motifs is 1. The third-order valence-corrected chi connectivity index (χ3v) is 6.63. The van der Waals surface area contributed by atoms with Gasteiger partial charge in [0.15, 0.2) is 0 Å². The number of hydrogen-bond donors (Lipinski definition) is 1. The van der Waals surface area contributed by atoms with E-state index in [1.54, 1.807) is 12.1 Å². The SMILES string of the molecule is O=C(c1cccn1C1CC1)N1C[C@H]2C[C@@H](Oc3cccc(Cl)c3)[C@H](O)C[C@H]2C1. The van der Waals surface area contributed by atoms with Crippen LogP contribution in [0.15, 0.2) is 42.6 Å². The molecule has 0 spiro atoms. The highest BCUT2D eigenvalue weighted by molar-refractivity contribution is 6.30. The van der Waals surface area contributed by atoms with Crippen LogP contribution in [-0.4, -0.2) is 45.8 Å². The Labute approximate surface area is 169 Å². The van der Waals surface area contributed by atoms with E-state index in [2.05, 4.69) is 4.57 Å². The molecule has 28 heavy (non-hydrogen) atoms. The van der Waals surface area contributed by atoms with E-state index in [0.717, 1.165) is 38.0 Å². The molecule has 6 heteroatoms. The van der Waals surface area contributed by atoms with Crippen LogP contribution >= 0.6 is 11.6 Å². The molecule has 2 aromatic rings. The van der Waals surface area contributed by atoms with Gasteiger partial charge in [0.2, 0.25) is 0 Å². The number of halogens is 1. The second-order valence-electron chi connectivity index (χ2n) is 8.41. The molecule has 4 atom stereocenters. The fourth-order valence-electron chi connectivity index (χ4n) is 4.81. The van der Waals surface area contributed by atoms with E-state index in [1.165, 1.54) is 0 Å². The minimum absolute atomic E-state index is 0.119. The average Bonchev–Trinajstić information content (AvgIpc) is 3.25. The van der Waals surface area contributed by atoms with Crippen molar-refractivity contribution in [1.82, 2.24) is 9.47 Å². The number of likely N-dealkylation sites (tertiary alicyclic amines) is 1. The van der Waals surface area contributed by atoms with Crippen LogP contribution < -0.4 is 4.74 Å². The van der Waals surface area contributed by atoms with Crippen LogP contribution in [0, 0.1) is 11.8 Å². The van der Waals surface area contributed by atoms with E-state index in [-0.39, 0.29) is 12.0 Å². The summed E-state index contributed by atoms with van der Waals surface area (Å²) in [5, 5.41) is 11.2. The van der Waals surface area contributed by atoms with Gasteiger partial charge in [0.25, 0.3) is 5.91 Å². The lowest BCUT2D eigenvalue weighted by Gasteiger charge is -2.35. The Bertz CT molecular complexity index is 878. The number of hydrogen-bond acceptors (Lipinski definition) is 3. The smallest absolute Gasteiger partial charge is 0.270 e. The minimum atomic E-state index is -0.523. The molecule has 5 rings (SSSR count). The van der Waals surface area contributed by atoms with Gasteiger partial charge in [0.05, 0.1) is 6.10 Å². The molecule has 1 amide bonds. The largest absolute Gasteiger partial charge is 0.488 e. The summed E-state index contributed by atoms with van der Waals surface area (Å²) in [5.41, 5.74) is 0.799. The highest BCUT2D eigenvalue weighted by Gasteiger charge is 2.44. The summed E-state index contributed by atoms with van der Waals surface area (Å²) in [4.78, 5) is 15.1. The van der Waals surface area contributed by atoms with E-state index < -0.39 is 6.10 Å². The molecule has 0 bridgehead atoms. The first-order valence-electron chi connectivity index (χ1n) is 10.1. The molecule has 1 N–H and O–H groups in total. The van der Waals surface area contributed by atoms with E-state index in [0.29, 0.717) is 35.1 Å². The normalized spacial score (nSPS) is 29.6.